The summed E-state index contributed by atoms with van der Waals surface area (Å²) in [6.07, 6.45) is 6.75. The van der Waals surface area contributed by atoms with Gasteiger partial charge in [0, 0.05) is 6.04 Å². The van der Waals surface area contributed by atoms with Crippen LogP contribution in [0, 0.1) is 11.8 Å². The van der Waals surface area contributed by atoms with Crippen LogP contribution in [0.25, 0.3) is 0 Å². The van der Waals surface area contributed by atoms with E-state index in [0.717, 1.165) is 25.2 Å². The fourth-order valence-electron chi connectivity index (χ4n) is 2.55. The van der Waals surface area contributed by atoms with E-state index >= 15 is 0 Å². The van der Waals surface area contributed by atoms with Crippen molar-refractivity contribution in [3.8, 4) is 0 Å². The van der Waals surface area contributed by atoms with Crippen molar-refractivity contribution in [3.63, 3.8) is 0 Å². The molecule has 0 aromatic heterocycles. The van der Waals surface area contributed by atoms with Gasteiger partial charge in [-0.3, -0.25) is 4.79 Å². The molecule has 3 nitrogen and oxygen atoms in total. The maximum absolute atomic E-state index is 11.9. The summed E-state index contributed by atoms with van der Waals surface area (Å²) in [6.45, 7) is 6.50. The zero-order chi connectivity index (χ0) is 12.8. The molecule has 0 aliphatic heterocycles. The van der Waals surface area contributed by atoms with E-state index in [-0.39, 0.29) is 11.9 Å². The summed E-state index contributed by atoms with van der Waals surface area (Å²) in [7, 11) is 0. The van der Waals surface area contributed by atoms with Crippen LogP contribution in [0.2, 0.25) is 0 Å². The Bertz CT molecular complexity index is 240. The van der Waals surface area contributed by atoms with Crippen molar-refractivity contribution in [2.24, 2.45) is 17.6 Å². The first-order chi connectivity index (χ1) is 7.99. The number of carbonyl (C=O) groups is 1. The van der Waals surface area contributed by atoms with Gasteiger partial charge in [-0.05, 0) is 37.5 Å². The number of rotatable bonds is 4. The summed E-state index contributed by atoms with van der Waals surface area (Å²) >= 11 is 0. The van der Waals surface area contributed by atoms with Gasteiger partial charge in [-0.2, -0.15) is 0 Å². The van der Waals surface area contributed by atoms with Crippen LogP contribution in [-0.4, -0.2) is 18.0 Å². The zero-order valence-electron chi connectivity index (χ0n) is 11.5. The van der Waals surface area contributed by atoms with Crippen LogP contribution < -0.4 is 11.1 Å². The molecule has 3 N–H and O–H groups in total. The third kappa shape index (κ3) is 5.53. The van der Waals surface area contributed by atoms with E-state index in [0.29, 0.717) is 12.0 Å². The quantitative estimate of drug-likeness (QED) is 0.742. The number of nitrogens with two attached hydrogens (primary N) is 1. The van der Waals surface area contributed by atoms with Gasteiger partial charge < -0.3 is 11.1 Å². The topological polar surface area (TPSA) is 55.1 Å². The van der Waals surface area contributed by atoms with Gasteiger partial charge in [0.25, 0.3) is 0 Å². The number of carbonyl (C=O) groups excluding carboxylic acids is 1. The zero-order valence-corrected chi connectivity index (χ0v) is 11.5. The molecule has 3 atom stereocenters. The Labute approximate surface area is 106 Å². The Morgan fingerprint density at radius 1 is 1.29 bits per heavy atom. The Hall–Kier alpha value is -0.570. The molecule has 1 saturated carbocycles. The summed E-state index contributed by atoms with van der Waals surface area (Å²) in [6, 6.07) is 0.0151. The maximum atomic E-state index is 11.9. The van der Waals surface area contributed by atoms with Gasteiger partial charge in [0.2, 0.25) is 5.91 Å². The largest absolute Gasteiger partial charge is 0.352 e. The lowest BCUT2D eigenvalue weighted by molar-refractivity contribution is -0.123. The molecule has 0 spiro atoms. The van der Waals surface area contributed by atoms with Gasteiger partial charge in [-0.25, -0.2) is 0 Å². The second-order valence-corrected chi connectivity index (χ2v) is 6.05. The molecule has 1 fully saturated rings. The van der Waals surface area contributed by atoms with Crippen LogP contribution in [0.4, 0.5) is 0 Å². The minimum atomic E-state index is -0.337. The molecular formula is C14H28N2O. The summed E-state index contributed by atoms with van der Waals surface area (Å²) < 4.78 is 0. The molecule has 1 rings (SSSR count). The van der Waals surface area contributed by atoms with Crippen LogP contribution in [-0.2, 0) is 4.79 Å². The lowest BCUT2D eigenvalue weighted by Gasteiger charge is -2.20. The van der Waals surface area contributed by atoms with E-state index in [1.165, 1.54) is 19.3 Å². The van der Waals surface area contributed by atoms with Crippen molar-refractivity contribution in [2.75, 3.05) is 0 Å². The van der Waals surface area contributed by atoms with Crippen LogP contribution in [0.1, 0.15) is 59.3 Å². The van der Waals surface area contributed by atoms with Gasteiger partial charge in [0.1, 0.15) is 0 Å². The van der Waals surface area contributed by atoms with Crippen LogP contribution in [0.5, 0.6) is 0 Å². The minimum Gasteiger partial charge on any atom is -0.352 e. The molecule has 0 heterocycles. The Balaban J connectivity index is 2.34. The van der Waals surface area contributed by atoms with E-state index in [1.807, 2.05) is 0 Å². The normalized spacial score (nSPS) is 27.6. The molecule has 1 amide bonds. The smallest absolute Gasteiger partial charge is 0.237 e. The molecule has 0 saturated heterocycles. The Kier molecular flexibility index (Phi) is 5.96. The molecule has 17 heavy (non-hydrogen) atoms. The Morgan fingerprint density at radius 2 is 2.00 bits per heavy atom. The first kappa shape index (κ1) is 14.5. The van der Waals surface area contributed by atoms with Crippen molar-refractivity contribution in [1.82, 2.24) is 5.32 Å². The van der Waals surface area contributed by atoms with Gasteiger partial charge in [-0.15, -0.1) is 0 Å². The SMILES string of the molecule is CC(C)C[C@H](N)C(=O)NC1CCCC(C)CC1. The van der Waals surface area contributed by atoms with Crippen molar-refractivity contribution in [1.29, 1.82) is 0 Å². The van der Waals surface area contributed by atoms with Crippen molar-refractivity contribution >= 4 is 5.91 Å². The summed E-state index contributed by atoms with van der Waals surface area (Å²) in [4.78, 5) is 11.9. The number of amides is 1. The highest BCUT2D eigenvalue weighted by Gasteiger charge is 2.21. The second kappa shape index (κ2) is 7.00. The third-order valence-corrected chi connectivity index (χ3v) is 3.67. The average Bonchev–Trinajstić information content (AvgIpc) is 2.42. The molecule has 0 aromatic rings. The maximum Gasteiger partial charge on any atom is 0.237 e. The van der Waals surface area contributed by atoms with Crippen molar-refractivity contribution in [2.45, 2.75) is 71.4 Å². The summed E-state index contributed by atoms with van der Waals surface area (Å²) in [5, 5.41) is 3.12. The molecule has 3 heteroatoms. The van der Waals surface area contributed by atoms with E-state index in [1.54, 1.807) is 0 Å². The highest BCUT2D eigenvalue weighted by molar-refractivity contribution is 5.81. The summed E-state index contributed by atoms with van der Waals surface area (Å²) in [5.74, 6) is 1.32. The second-order valence-electron chi connectivity index (χ2n) is 6.05. The third-order valence-electron chi connectivity index (χ3n) is 3.67. The number of nitrogens with one attached hydrogen (secondary N) is 1. The predicted molar refractivity (Wildman–Crippen MR) is 71.6 cm³/mol. The molecular weight excluding hydrogens is 212 g/mol. The van der Waals surface area contributed by atoms with E-state index in [9.17, 15) is 4.79 Å². The van der Waals surface area contributed by atoms with Crippen molar-refractivity contribution < 1.29 is 4.79 Å². The van der Waals surface area contributed by atoms with E-state index in [2.05, 4.69) is 26.1 Å². The molecule has 1 aliphatic rings. The fourth-order valence-corrected chi connectivity index (χ4v) is 2.55. The van der Waals surface area contributed by atoms with Gasteiger partial charge in [0.15, 0.2) is 0 Å². The highest BCUT2D eigenvalue weighted by atomic mass is 16.2. The van der Waals surface area contributed by atoms with Crippen molar-refractivity contribution in [3.05, 3.63) is 0 Å². The minimum absolute atomic E-state index is 0.0400. The standard InChI is InChI=1S/C14H28N2O/c1-10(2)9-13(15)14(17)16-12-6-4-5-11(3)7-8-12/h10-13H,4-9,15H2,1-3H3,(H,16,17)/t11?,12?,13-/m0/s1. The summed E-state index contributed by atoms with van der Waals surface area (Å²) in [5.41, 5.74) is 5.89. The Morgan fingerprint density at radius 3 is 2.65 bits per heavy atom. The molecule has 0 aromatic carbocycles. The monoisotopic (exact) mass is 240 g/mol. The number of hydrogen-bond donors (Lipinski definition) is 2. The van der Waals surface area contributed by atoms with E-state index in [4.69, 9.17) is 5.73 Å². The van der Waals surface area contributed by atoms with Gasteiger partial charge in [0.05, 0.1) is 6.04 Å². The highest BCUT2D eigenvalue weighted by Crippen LogP contribution is 2.22. The van der Waals surface area contributed by atoms with E-state index < -0.39 is 0 Å². The first-order valence-corrected chi connectivity index (χ1v) is 7.05. The fraction of sp³-hybridized carbons (Fsp3) is 0.929. The molecule has 0 radical (unpaired) electrons. The number of hydrogen-bond acceptors (Lipinski definition) is 2. The average molecular weight is 240 g/mol. The first-order valence-electron chi connectivity index (χ1n) is 7.05. The predicted octanol–water partition coefficient (Wildman–Crippen LogP) is 2.44. The van der Waals surface area contributed by atoms with Crippen LogP contribution in [0.3, 0.4) is 0 Å². The van der Waals surface area contributed by atoms with Gasteiger partial charge in [-0.1, -0.05) is 33.6 Å². The molecule has 0 bridgehead atoms. The molecule has 1 aliphatic carbocycles. The molecule has 2 unspecified atom stereocenters. The van der Waals surface area contributed by atoms with Crippen LogP contribution in [0.15, 0.2) is 0 Å². The van der Waals surface area contributed by atoms with Crippen LogP contribution >= 0.6 is 0 Å². The lowest BCUT2D eigenvalue weighted by Crippen LogP contribution is -2.45. The molecule has 100 valence electrons. The lowest BCUT2D eigenvalue weighted by atomic mass is 10.0. The van der Waals surface area contributed by atoms with Gasteiger partial charge >= 0.3 is 0 Å².